The summed E-state index contributed by atoms with van der Waals surface area (Å²) in [5.74, 6) is 1.33. The molecule has 2 aromatic rings. The molecule has 1 N–H and O–H groups in total. The van der Waals surface area contributed by atoms with E-state index in [0.717, 1.165) is 38.5 Å². The summed E-state index contributed by atoms with van der Waals surface area (Å²) in [4.78, 5) is 4.62. The molecule has 0 saturated carbocycles. The zero-order valence-electron chi connectivity index (χ0n) is 15.8. The van der Waals surface area contributed by atoms with Gasteiger partial charge in [0.15, 0.2) is 0 Å². The second-order valence-corrected chi connectivity index (χ2v) is 7.63. The van der Waals surface area contributed by atoms with Gasteiger partial charge in [0, 0.05) is 39.3 Å². The first-order chi connectivity index (χ1) is 13.6. The topological polar surface area (TPSA) is 45.2 Å². The van der Waals surface area contributed by atoms with Gasteiger partial charge in [-0.05, 0) is 24.3 Å². The van der Waals surface area contributed by atoms with Crippen molar-refractivity contribution in [1.29, 1.82) is 0 Å². The van der Waals surface area contributed by atoms with E-state index in [-0.39, 0.29) is 6.61 Å². The van der Waals surface area contributed by atoms with Crippen LogP contribution in [-0.4, -0.2) is 73.5 Å². The Morgan fingerprint density at radius 3 is 1.96 bits per heavy atom. The molecule has 2 aromatic carbocycles. The van der Waals surface area contributed by atoms with Crippen molar-refractivity contribution < 1.29 is 14.6 Å². The molecule has 28 heavy (non-hydrogen) atoms. The van der Waals surface area contributed by atoms with E-state index in [4.69, 9.17) is 32.7 Å². The molecule has 0 amide bonds. The molecular weight excluding hydrogens is 399 g/mol. The first-order valence-corrected chi connectivity index (χ1v) is 10.2. The highest BCUT2D eigenvalue weighted by Crippen LogP contribution is 2.24. The Kier molecular flexibility index (Phi) is 8.25. The Bertz CT molecular complexity index is 739. The molecule has 1 heterocycles. The molecule has 1 fully saturated rings. The van der Waals surface area contributed by atoms with Gasteiger partial charge in [0.25, 0.3) is 0 Å². The van der Waals surface area contributed by atoms with E-state index in [9.17, 15) is 5.11 Å². The lowest BCUT2D eigenvalue weighted by Crippen LogP contribution is -2.50. The molecule has 1 saturated heterocycles. The number of hydrogen-bond donors (Lipinski definition) is 1. The number of nitrogens with zero attached hydrogens (tertiary/aromatic N) is 2. The van der Waals surface area contributed by atoms with E-state index in [1.54, 1.807) is 12.1 Å². The molecule has 0 aliphatic carbocycles. The lowest BCUT2D eigenvalue weighted by atomic mass is 10.2. The van der Waals surface area contributed by atoms with Gasteiger partial charge in [0.1, 0.15) is 30.8 Å². The van der Waals surface area contributed by atoms with Crippen LogP contribution in [0.4, 0.5) is 0 Å². The lowest BCUT2D eigenvalue weighted by Gasteiger charge is -2.35. The predicted octanol–water partition coefficient (Wildman–Crippen LogP) is 3.43. The van der Waals surface area contributed by atoms with Crippen molar-refractivity contribution in [2.24, 2.45) is 0 Å². The molecule has 7 heteroatoms. The van der Waals surface area contributed by atoms with Crippen LogP contribution < -0.4 is 9.47 Å². The fraction of sp³-hybridized carbons (Fsp3) is 0.429. The van der Waals surface area contributed by atoms with Crippen LogP contribution in [0.25, 0.3) is 0 Å². The molecule has 0 radical (unpaired) electrons. The van der Waals surface area contributed by atoms with Crippen molar-refractivity contribution in [2.75, 3.05) is 52.5 Å². The van der Waals surface area contributed by atoms with Crippen LogP contribution in [0.5, 0.6) is 11.5 Å². The molecule has 1 aliphatic rings. The smallest absolute Gasteiger partial charge is 0.138 e. The molecule has 0 spiro atoms. The summed E-state index contributed by atoms with van der Waals surface area (Å²) < 4.78 is 11.4. The number of aliphatic hydroxyl groups excluding tert-OH is 1. The molecular formula is C21H26Cl2N2O3. The van der Waals surface area contributed by atoms with Gasteiger partial charge >= 0.3 is 0 Å². The largest absolute Gasteiger partial charge is 0.491 e. The Labute approximate surface area is 176 Å². The maximum Gasteiger partial charge on any atom is 0.138 e. The van der Waals surface area contributed by atoms with Crippen molar-refractivity contribution in [3.63, 3.8) is 0 Å². The van der Waals surface area contributed by atoms with Gasteiger partial charge in [-0.3, -0.25) is 9.80 Å². The molecule has 0 bridgehead atoms. The van der Waals surface area contributed by atoms with Gasteiger partial charge in [-0.25, -0.2) is 0 Å². The van der Waals surface area contributed by atoms with Gasteiger partial charge < -0.3 is 14.6 Å². The van der Waals surface area contributed by atoms with E-state index < -0.39 is 6.10 Å². The first-order valence-electron chi connectivity index (χ1n) is 9.49. The van der Waals surface area contributed by atoms with Crippen molar-refractivity contribution in [3.05, 3.63) is 58.6 Å². The highest BCUT2D eigenvalue weighted by atomic mass is 35.5. The van der Waals surface area contributed by atoms with E-state index in [1.165, 1.54) is 0 Å². The van der Waals surface area contributed by atoms with Crippen molar-refractivity contribution in [2.45, 2.75) is 6.10 Å². The third-order valence-electron chi connectivity index (χ3n) is 4.70. The minimum absolute atomic E-state index is 0.232. The minimum atomic E-state index is -0.550. The maximum absolute atomic E-state index is 10.3. The number of benzene rings is 2. The quantitative estimate of drug-likeness (QED) is 0.667. The van der Waals surface area contributed by atoms with Gasteiger partial charge in [-0.2, -0.15) is 0 Å². The lowest BCUT2D eigenvalue weighted by molar-refractivity contribution is 0.0436. The number of ether oxygens (including phenoxy) is 2. The van der Waals surface area contributed by atoms with Gasteiger partial charge in [0.05, 0.1) is 10.0 Å². The van der Waals surface area contributed by atoms with Gasteiger partial charge in [-0.1, -0.05) is 47.5 Å². The van der Waals surface area contributed by atoms with E-state index in [2.05, 4.69) is 9.80 Å². The number of piperazine rings is 1. The number of hydrogen-bond acceptors (Lipinski definition) is 5. The molecule has 1 aliphatic heterocycles. The minimum Gasteiger partial charge on any atom is -0.491 e. The molecule has 1 atom stereocenters. The standard InChI is InChI=1S/C21H26Cl2N2O3/c22-18-5-1-3-7-20(18)27-14-13-24-9-11-25(12-10-24)15-17(26)16-28-21-8-4-2-6-19(21)23/h1-8,17,26H,9-16H2. The number of rotatable bonds is 9. The number of halogens is 2. The normalized spacial score (nSPS) is 16.7. The molecule has 0 aromatic heterocycles. The van der Waals surface area contributed by atoms with Crippen LogP contribution in [0.1, 0.15) is 0 Å². The van der Waals surface area contributed by atoms with Gasteiger partial charge in [-0.15, -0.1) is 0 Å². The fourth-order valence-corrected chi connectivity index (χ4v) is 3.52. The van der Waals surface area contributed by atoms with Crippen LogP contribution in [-0.2, 0) is 0 Å². The van der Waals surface area contributed by atoms with Crippen LogP contribution in [0.15, 0.2) is 48.5 Å². The number of para-hydroxylation sites is 2. The third kappa shape index (κ3) is 6.54. The summed E-state index contributed by atoms with van der Waals surface area (Å²) in [6.45, 7) is 6.01. The third-order valence-corrected chi connectivity index (χ3v) is 5.33. The SMILES string of the molecule is OC(COc1ccccc1Cl)CN1CCN(CCOc2ccccc2Cl)CC1. The van der Waals surface area contributed by atoms with Crippen LogP contribution in [0, 0.1) is 0 Å². The maximum atomic E-state index is 10.3. The Morgan fingerprint density at radius 2 is 1.36 bits per heavy atom. The number of aliphatic hydroxyl groups is 1. The molecule has 152 valence electrons. The zero-order chi connectivity index (χ0) is 19.8. The predicted molar refractivity (Wildman–Crippen MR) is 113 cm³/mol. The average Bonchev–Trinajstić information content (AvgIpc) is 2.70. The summed E-state index contributed by atoms with van der Waals surface area (Å²) in [7, 11) is 0. The summed E-state index contributed by atoms with van der Waals surface area (Å²) >= 11 is 12.2. The van der Waals surface area contributed by atoms with E-state index >= 15 is 0 Å². The first kappa shape index (κ1) is 21.2. The number of β-amino-alcohol motifs (C(OH)–C–C–N with tert-alkyl or cyclic N) is 1. The monoisotopic (exact) mass is 424 g/mol. The van der Waals surface area contributed by atoms with Crippen LogP contribution in [0.2, 0.25) is 10.0 Å². The Balaban J connectivity index is 1.31. The van der Waals surface area contributed by atoms with Crippen molar-refractivity contribution in [1.82, 2.24) is 9.80 Å². The summed E-state index contributed by atoms with van der Waals surface area (Å²) in [5.41, 5.74) is 0. The Hall–Kier alpha value is -1.50. The van der Waals surface area contributed by atoms with Crippen molar-refractivity contribution in [3.8, 4) is 11.5 Å². The summed E-state index contributed by atoms with van der Waals surface area (Å²) in [6, 6.07) is 14.8. The summed E-state index contributed by atoms with van der Waals surface area (Å²) in [6.07, 6.45) is -0.550. The highest BCUT2D eigenvalue weighted by Gasteiger charge is 2.19. The molecule has 5 nitrogen and oxygen atoms in total. The van der Waals surface area contributed by atoms with Crippen LogP contribution >= 0.6 is 23.2 Å². The van der Waals surface area contributed by atoms with Crippen LogP contribution in [0.3, 0.4) is 0 Å². The Morgan fingerprint density at radius 1 is 0.821 bits per heavy atom. The average molecular weight is 425 g/mol. The highest BCUT2D eigenvalue weighted by molar-refractivity contribution is 6.32. The summed E-state index contributed by atoms with van der Waals surface area (Å²) in [5, 5.41) is 11.5. The molecule has 1 unspecified atom stereocenters. The zero-order valence-corrected chi connectivity index (χ0v) is 17.3. The van der Waals surface area contributed by atoms with Crippen molar-refractivity contribution >= 4 is 23.2 Å². The second-order valence-electron chi connectivity index (χ2n) is 6.82. The van der Waals surface area contributed by atoms with Gasteiger partial charge in [0.2, 0.25) is 0 Å². The fourth-order valence-electron chi connectivity index (χ4n) is 3.14. The molecule has 3 rings (SSSR count). The second kappa shape index (κ2) is 10.9. The van der Waals surface area contributed by atoms with E-state index in [1.807, 2.05) is 36.4 Å². The van der Waals surface area contributed by atoms with E-state index in [0.29, 0.717) is 28.9 Å².